The van der Waals surface area contributed by atoms with Gasteiger partial charge in [-0.25, -0.2) is 0 Å². The first-order valence-corrected chi connectivity index (χ1v) is 8.49. The average Bonchev–Trinajstić information content (AvgIpc) is 2.55. The fraction of sp³-hybridized carbons (Fsp3) is 0.333. The summed E-state index contributed by atoms with van der Waals surface area (Å²) in [5.74, 6) is 0.905. The molecule has 0 aromatic heterocycles. The van der Waals surface area contributed by atoms with Crippen LogP contribution in [-0.2, 0) is 6.54 Å². The highest BCUT2D eigenvalue weighted by atomic mass is 32.2. The molecule has 0 amide bonds. The second kappa shape index (κ2) is 8.22. The Kier molecular flexibility index (Phi) is 6.31. The topological polar surface area (TPSA) is 32.7 Å². The highest BCUT2D eigenvalue weighted by molar-refractivity contribution is 7.98. The maximum atomic E-state index is 10.3. The molecule has 118 valence electrons. The molecule has 0 saturated carbocycles. The molecule has 2 aromatic rings. The number of benzene rings is 2. The van der Waals surface area contributed by atoms with Gasteiger partial charge in [-0.2, -0.15) is 0 Å². The second-order valence-electron chi connectivity index (χ2n) is 5.31. The lowest BCUT2D eigenvalue weighted by Crippen LogP contribution is -2.24. The predicted molar refractivity (Wildman–Crippen MR) is 92.5 cm³/mol. The van der Waals surface area contributed by atoms with Crippen LogP contribution in [0.5, 0.6) is 5.75 Å². The molecule has 0 aliphatic carbocycles. The number of nitrogens with zero attached hydrogens (tertiary/aromatic N) is 1. The van der Waals surface area contributed by atoms with E-state index in [2.05, 4.69) is 23.1 Å². The third kappa shape index (κ3) is 4.50. The number of ether oxygens (including phenoxy) is 1. The number of aliphatic hydroxyl groups excluding tert-OH is 1. The van der Waals surface area contributed by atoms with E-state index in [1.165, 1.54) is 5.56 Å². The van der Waals surface area contributed by atoms with Crippen LogP contribution in [0.2, 0.25) is 0 Å². The molecular weight excluding hydrogens is 294 g/mol. The number of methoxy groups -OCH3 is 1. The summed E-state index contributed by atoms with van der Waals surface area (Å²) in [6.07, 6.45) is 1.57. The summed E-state index contributed by atoms with van der Waals surface area (Å²) in [7, 11) is 3.71. The van der Waals surface area contributed by atoms with Gasteiger partial charge in [0.2, 0.25) is 0 Å². The molecule has 0 fully saturated rings. The maximum absolute atomic E-state index is 10.3. The van der Waals surface area contributed by atoms with Crippen molar-refractivity contribution < 1.29 is 9.84 Å². The normalized spacial score (nSPS) is 12.4. The first-order chi connectivity index (χ1) is 10.6. The molecule has 22 heavy (non-hydrogen) atoms. The molecule has 2 rings (SSSR count). The lowest BCUT2D eigenvalue weighted by Gasteiger charge is -2.21. The second-order valence-corrected chi connectivity index (χ2v) is 6.16. The van der Waals surface area contributed by atoms with Gasteiger partial charge >= 0.3 is 0 Å². The van der Waals surface area contributed by atoms with Crippen LogP contribution < -0.4 is 4.74 Å². The quantitative estimate of drug-likeness (QED) is 0.791. The molecule has 1 atom stereocenters. The van der Waals surface area contributed by atoms with Crippen molar-refractivity contribution in [3.05, 3.63) is 59.7 Å². The third-order valence-corrected chi connectivity index (χ3v) is 4.35. The highest BCUT2D eigenvalue weighted by Gasteiger charge is 2.11. The van der Waals surface area contributed by atoms with E-state index in [1.54, 1.807) is 18.9 Å². The van der Waals surface area contributed by atoms with E-state index >= 15 is 0 Å². The lowest BCUT2D eigenvalue weighted by molar-refractivity contribution is 0.124. The zero-order valence-corrected chi connectivity index (χ0v) is 14.1. The van der Waals surface area contributed by atoms with Gasteiger partial charge in [-0.1, -0.05) is 36.4 Å². The van der Waals surface area contributed by atoms with Gasteiger partial charge in [-0.05, 0) is 36.6 Å². The molecule has 4 heteroatoms. The zero-order chi connectivity index (χ0) is 15.9. The number of aliphatic hydroxyl groups is 1. The van der Waals surface area contributed by atoms with E-state index in [-0.39, 0.29) is 0 Å². The van der Waals surface area contributed by atoms with Crippen molar-refractivity contribution in [2.45, 2.75) is 17.5 Å². The molecule has 0 radical (unpaired) electrons. The standard InChI is InChI=1S/C18H23NO2S/c1-19(13-16(20)15-7-5-4-6-8-15)12-14-9-10-18(22-3)17(11-14)21-2/h4-11,16,20H,12-13H2,1-3H3. The smallest absolute Gasteiger partial charge is 0.132 e. The van der Waals surface area contributed by atoms with E-state index < -0.39 is 6.10 Å². The van der Waals surface area contributed by atoms with Crippen molar-refractivity contribution in [1.82, 2.24) is 4.90 Å². The van der Waals surface area contributed by atoms with Crippen LogP contribution in [0.3, 0.4) is 0 Å². The molecule has 0 aliphatic rings. The van der Waals surface area contributed by atoms with Crippen molar-refractivity contribution in [2.24, 2.45) is 0 Å². The van der Waals surface area contributed by atoms with Crippen molar-refractivity contribution in [1.29, 1.82) is 0 Å². The molecule has 0 aliphatic heterocycles. The molecule has 0 bridgehead atoms. The maximum Gasteiger partial charge on any atom is 0.132 e. The number of hydrogen-bond acceptors (Lipinski definition) is 4. The van der Waals surface area contributed by atoms with Crippen LogP contribution in [0.1, 0.15) is 17.2 Å². The van der Waals surface area contributed by atoms with Gasteiger partial charge in [0.15, 0.2) is 0 Å². The van der Waals surface area contributed by atoms with E-state index in [0.29, 0.717) is 6.54 Å². The first-order valence-electron chi connectivity index (χ1n) is 7.26. The van der Waals surface area contributed by atoms with E-state index in [4.69, 9.17) is 4.74 Å². The Hall–Kier alpha value is -1.49. The molecular formula is C18H23NO2S. The molecule has 3 nitrogen and oxygen atoms in total. The molecule has 0 saturated heterocycles. The molecule has 2 aromatic carbocycles. The largest absolute Gasteiger partial charge is 0.496 e. The average molecular weight is 317 g/mol. The predicted octanol–water partition coefficient (Wildman–Crippen LogP) is 3.58. The Balaban J connectivity index is 1.98. The van der Waals surface area contributed by atoms with Gasteiger partial charge in [0.25, 0.3) is 0 Å². The summed E-state index contributed by atoms with van der Waals surface area (Å²) in [6.45, 7) is 1.37. The van der Waals surface area contributed by atoms with Crippen molar-refractivity contribution >= 4 is 11.8 Å². The van der Waals surface area contributed by atoms with Crippen molar-refractivity contribution in [3.63, 3.8) is 0 Å². The summed E-state index contributed by atoms with van der Waals surface area (Å²) in [5, 5.41) is 10.3. The third-order valence-electron chi connectivity index (χ3n) is 3.57. The van der Waals surface area contributed by atoms with E-state index in [0.717, 1.165) is 22.8 Å². The Morgan fingerprint density at radius 1 is 1.18 bits per heavy atom. The van der Waals surface area contributed by atoms with Gasteiger partial charge in [-0.15, -0.1) is 11.8 Å². The van der Waals surface area contributed by atoms with E-state index in [1.807, 2.05) is 43.6 Å². The minimum Gasteiger partial charge on any atom is -0.496 e. The molecule has 1 N–H and O–H groups in total. The number of thioether (sulfide) groups is 1. The van der Waals surface area contributed by atoms with Crippen LogP contribution in [0, 0.1) is 0 Å². The fourth-order valence-corrected chi connectivity index (χ4v) is 2.98. The summed E-state index contributed by atoms with van der Waals surface area (Å²) in [5.41, 5.74) is 2.13. The van der Waals surface area contributed by atoms with Crippen molar-refractivity contribution in [3.8, 4) is 5.75 Å². The summed E-state index contributed by atoms with van der Waals surface area (Å²) in [6, 6.07) is 16.0. The minimum atomic E-state index is -0.474. The molecule has 1 unspecified atom stereocenters. The van der Waals surface area contributed by atoms with Crippen LogP contribution in [0.25, 0.3) is 0 Å². The monoisotopic (exact) mass is 317 g/mol. The van der Waals surface area contributed by atoms with Crippen LogP contribution in [-0.4, -0.2) is 37.0 Å². The van der Waals surface area contributed by atoms with Gasteiger partial charge in [-0.3, -0.25) is 4.90 Å². The van der Waals surface area contributed by atoms with Crippen LogP contribution in [0.4, 0.5) is 0 Å². The Bertz CT molecular complexity index is 589. The van der Waals surface area contributed by atoms with Gasteiger partial charge < -0.3 is 9.84 Å². The zero-order valence-electron chi connectivity index (χ0n) is 13.3. The SMILES string of the molecule is COc1cc(CN(C)CC(O)c2ccccc2)ccc1SC. The van der Waals surface area contributed by atoms with Gasteiger partial charge in [0, 0.05) is 18.0 Å². The van der Waals surface area contributed by atoms with Gasteiger partial charge in [0.1, 0.15) is 5.75 Å². The Labute approximate surface area is 136 Å². The Morgan fingerprint density at radius 2 is 1.91 bits per heavy atom. The molecule has 0 heterocycles. The van der Waals surface area contributed by atoms with Crippen molar-refractivity contribution in [2.75, 3.05) is 27.0 Å². The summed E-state index contributed by atoms with van der Waals surface area (Å²) < 4.78 is 5.42. The van der Waals surface area contributed by atoms with E-state index in [9.17, 15) is 5.11 Å². The summed E-state index contributed by atoms with van der Waals surface area (Å²) in [4.78, 5) is 3.25. The number of hydrogen-bond donors (Lipinski definition) is 1. The number of likely N-dealkylation sites (N-methyl/N-ethyl adjacent to an activating group) is 1. The highest BCUT2D eigenvalue weighted by Crippen LogP contribution is 2.28. The van der Waals surface area contributed by atoms with Crippen LogP contribution in [0.15, 0.2) is 53.4 Å². The fourth-order valence-electron chi connectivity index (χ4n) is 2.43. The number of rotatable bonds is 7. The Morgan fingerprint density at radius 3 is 2.55 bits per heavy atom. The first kappa shape index (κ1) is 16.9. The van der Waals surface area contributed by atoms with Gasteiger partial charge in [0.05, 0.1) is 13.2 Å². The lowest BCUT2D eigenvalue weighted by atomic mass is 10.1. The summed E-state index contributed by atoms with van der Waals surface area (Å²) >= 11 is 1.68. The van der Waals surface area contributed by atoms with Crippen LogP contribution >= 0.6 is 11.8 Å². The minimum absolute atomic E-state index is 0.474. The molecule has 0 spiro atoms.